The lowest BCUT2D eigenvalue weighted by Gasteiger charge is -2.35. The van der Waals surface area contributed by atoms with E-state index in [1.54, 1.807) is 0 Å². The zero-order valence-electron chi connectivity index (χ0n) is 16.6. The maximum absolute atomic E-state index is 12.6. The van der Waals surface area contributed by atoms with Crippen LogP contribution in [0.5, 0.6) is 0 Å². The van der Waals surface area contributed by atoms with E-state index in [-0.39, 0.29) is 5.91 Å². The highest BCUT2D eigenvalue weighted by Crippen LogP contribution is 2.21. The van der Waals surface area contributed by atoms with Gasteiger partial charge in [0.1, 0.15) is 0 Å². The van der Waals surface area contributed by atoms with Gasteiger partial charge in [0.05, 0.1) is 0 Å². The van der Waals surface area contributed by atoms with Crippen molar-refractivity contribution >= 4 is 11.6 Å². The Labute approximate surface area is 163 Å². The molecule has 0 atom stereocenters. The highest BCUT2D eigenvalue weighted by atomic mass is 16.2. The van der Waals surface area contributed by atoms with Gasteiger partial charge in [-0.05, 0) is 30.0 Å². The molecule has 1 aliphatic heterocycles. The molecule has 27 heavy (non-hydrogen) atoms. The molecule has 0 saturated carbocycles. The van der Waals surface area contributed by atoms with Gasteiger partial charge in [-0.2, -0.15) is 0 Å². The monoisotopic (exact) mass is 365 g/mol. The Hall–Kier alpha value is -2.33. The van der Waals surface area contributed by atoms with Crippen molar-refractivity contribution in [3.63, 3.8) is 0 Å². The maximum atomic E-state index is 12.6. The Balaban J connectivity index is 1.42. The molecule has 0 spiro atoms. The van der Waals surface area contributed by atoms with Gasteiger partial charge >= 0.3 is 0 Å². The highest BCUT2D eigenvalue weighted by molar-refractivity contribution is 5.77. The molecule has 3 rings (SSSR count). The van der Waals surface area contributed by atoms with E-state index in [9.17, 15) is 4.79 Å². The second-order valence-electron chi connectivity index (χ2n) is 7.28. The van der Waals surface area contributed by atoms with Crippen LogP contribution in [-0.2, 0) is 17.8 Å². The average Bonchev–Trinajstić information content (AvgIpc) is 2.70. The van der Waals surface area contributed by atoms with Crippen molar-refractivity contribution in [3.8, 4) is 0 Å². The van der Waals surface area contributed by atoms with Gasteiger partial charge in [-0.15, -0.1) is 0 Å². The number of nitrogens with one attached hydrogen (secondary N) is 1. The van der Waals surface area contributed by atoms with E-state index in [1.807, 2.05) is 4.90 Å². The molecule has 0 aromatic heterocycles. The third-order valence-corrected chi connectivity index (χ3v) is 5.35. The maximum Gasteiger partial charge on any atom is 0.224 e. The standard InChI is InChI=1S/C23H31N3O/c1-3-21-11-7-8-19(2)23(21)24-13-12-22(27)26-16-14-25(15-17-26)18-20-9-5-4-6-10-20/h4-11,24H,3,12-18H2,1-2H3. The third kappa shape index (κ3) is 5.33. The number of amides is 1. The van der Waals surface area contributed by atoms with Crippen LogP contribution in [0, 0.1) is 6.92 Å². The normalized spacial score (nSPS) is 15.0. The number of benzene rings is 2. The van der Waals surface area contributed by atoms with Gasteiger partial charge in [0, 0.05) is 51.4 Å². The van der Waals surface area contributed by atoms with Crippen LogP contribution in [0.2, 0.25) is 0 Å². The molecule has 4 nitrogen and oxygen atoms in total. The van der Waals surface area contributed by atoms with Gasteiger partial charge in [0.2, 0.25) is 5.91 Å². The number of anilines is 1. The zero-order chi connectivity index (χ0) is 19.1. The predicted molar refractivity (Wildman–Crippen MR) is 112 cm³/mol. The molecule has 0 radical (unpaired) electrons. The lowest BCUT2D eigenvalue weighted by atomic mass is 10.1. The smallest absolute Gasteiger partial charge is 0.224 e. The molecule has 1 N–H and O–H groups in total. The van der Waals surface area contributed by atoms with Gasteiger partial charge in [0.25, 0.3) is 0 Å². The first-order chi connectivity index (χ1) is 13.2. The minimum absolute atomic E-state index is 0.258. The van der Waals surface area contributed by atoms with E-state index in [4.69, 9.17) is 0 Å². The lowest BCUT2D eigenvalue weighted by molar-refractivity contribution is -0.132. The Kier molecular flexibility index (Phi) is 6.88. The van der Waals surface area contributed by atoms with Gasteiger partial charge in [-0.1, -0.05) is 55.5 Å². The van der Waals surface area contributed by atoms with E-state index >= 15 is 0 Å². The molecule has 1 aliphatic rings. The minimum Gasteiger partial charge on any atom is -0.384 e. The van der Waals surface area contributed by atoms with Gasteiger partial charge in [0.15, 0.2) is 0 Å². The largest absolute Gasteiger partial charge is 0.384 e. The van der Waals surface area contributed by atoms with Crippen LogP contribution in [0.4, 0.5) is 5.69 Å². The molecule has 1 amide bonds. The molecular formula is C23H31N3O. The number of aryl methyl sites for hydroxylation is 2. The summed E-state index contributed by atoms with van der Waals surface area (Å²) in [5.74, 6) is 0.258. The number of rotatable bonds is 7. The number of piperazine rings is 1. The molecule has 4 heteroatoms. The number of carbonyl (C=O) groups is 1. The molecule has 1 saturated heterocycles. The topological polar surface area (TPSA) is 35.6 Å². The van der Waals surface area contributed by atoms with Gasteiger partial charge in [-0.3, -0.25) is 9.69 Å². The summed E-state index contributed by atoms with van der Waals surface area (Å²) in [5.41, 5.74) is 5.10. The van der Waals surface area contributed by atoms with E-state index in [0.717, 1.165) is 39.1 Å². The number of hydrogen-bond acceptors (Lipinski definition) is 3. The molecule has 144 valence electrons. The fraction of sp³-hybridized carbons (Fsp3) is 0.435. The van der Waals surface area contributed by atoms with Gasteiger partial charge < -0.3 is 10.2 Å². The summed E-state index contributed by atoms with van der Waals surface area (Å²) in [5, 5.41) is 3.49. The minimum atomic E-state index is 0.258. The molecule has 0 aliphatic carbocycles. The molecule has 2 aromatic carbocycles. The highest BCUT2D eigenvalue weighted by Gasteiger charge is 2.20. The van der Waals surface area contributed by atoms with Crippen molar-refractivity contribution in [2.24, 2.45) is 0 Å². The zero-order valence-corrected chi connectivity index (χ0v) is 16.6. The van der Waals surface area contributed by atoms with Crippen LogP contribution in [-0.4, -0.2) is 48.4 Å². The summed E-state index contributed by atoms with van der Waals surface area (Å²) in [6.07, 6.45) is 1.55. The lowest BCUT2D eigenvalue weighted by Crippen LogP contribution is -2.48. The summed E-state index contributed by atoms with van der Waals surface area (Å²) in [6, 6.07) is 16.9. The number of nitrogens with zero attached hydrogens (tertiary/aromatic N) is 2. The van der Waals surface area contributed by atoms with Crippen molar-refractivity contribution in [1.29, 1.82) is 0 Å². The van der Waals surface area contributed by atoms with Crippen molar-refractivity contribution in [2.75, 3.05) is 38.0 Å². The fourth-order valence-electron chi connectivity index (χ4n) is 3.73. The summed E-state index contributed by atoms with van der Waals surface area (Å²) >= 11 is 0. The summed E-state index contributed by atoms with van der Waals surface area (Å²) < 4.78 is 0. The van der Waals surface area contributed by atoms with Gasteiger partial charge in [-0.25, -0.2) is 0 Å². The first kappa shape index (κ1) is 19.4. The number of para-hydroxylation sites is 1. The first-order valence-corrected chi connectivity index (χ1v) is 10.0. The van der Waals surface area contributed by atoms with Crippen LogP contribution in [0.15, 0.2) is 48.5 Å². The van der Waals surface area contributed by atoms with Crippen molar-refractivity contribution < 1.29 is 4.79 Å². The quantitative estimate of drug-likeness (QED) is 0.813. The van der Waals surface area contributed by atoms with E-state index in [1.165, 1.54) is 22.4 Å². The summed E-state index contributed by atoms with van der Waals surface area (Å²) in [6.45, 7) is 9.51. The second-order valence-corrected chi connectivity index (χ2v) is 7.28. The van der Waals surface area contributed by atoms with Crippen molar-refractivity contribution in [1.82, 2.24) is 9.80 Å². The van der Waals surface area contributed by atoms with Crippen LogP contribution in [0.3, 0.4) is 0 Å². The Morgan fingerprint density at radius 1 is 1.00 bits per heavy atom. The van der Waals surface area contributed by atoms with Crippen LogP contribution in [0.1, 0.15) is 30.0 Å². The second kappa shape index (κ2) is 9.56. The summed E-state index contributed by atoms with van der Waals surface area (Å²) in [4.78, 5) is 17.0. The van der Waals surface area contributed by atoms with Crippen molar-refractivity contribution in [3.05, 3.63) is 65.2 Å². The predicted octanol–water partition coefficient (Wildman–Crippen LogP) is 3.70. The number of hydrogen-bond donors (Lipinski definition) is 1. The van der Waals surface area contributed by atoms with E-state index < -0.39 is 0 Å². The van der Waals surface area contributed by atoms with Crippen LogP contribution in [0.25, 0.3) is 0 Å². The number of carbonyl (C=O) groups excluding carboxylic acids is 1. The molecular weight excluding hydrogens is 334 g/mol. The van der Waals surface area contributed by atoms with Crippen LogP contribution >= 0.6 is 0 Å². The van der Waals surface area contributed by atoms with E-state index in [2.05, 4.69) is 72.6 Å². The van der Waals surface area contributed by atoms with Crippen molar-refractivity contribution in [2.45, 2.75) is 33.2 Å². The molecule has 1 fully saturated rings. The molecule has 0 unspecified atom stereocenters. The molecule has 2 aromatic rings. The Bertz CT molecular complexity index is 737. The first-order valence-electron chi connectivity index (χ1n) is 10.0. The SMILES string of the molecule is CCc1cccc(C)c1NCCC(=O)N1CCN(Cc2ccccc2)CC1. The summed E-state index contributed by atoms with van der Waals surface area (Å²) in [7, 11) is 0. The average molecular weight is 366 g/mol. The van der Waals surface area contributed by atoms with E-state index in [0.29, 0.717) is 13.0 Å². The molecule has 0 bridgehead atoms. The molecule has 1 heterocycles. The van der Waals surface area contributed by atoms with Crippen LogP contribution < -0.4 is 5.32 Å². The fourth-order valence-corrected chi connectivity index (χ4v) is 3.73. The Morgan fingerprint density at radius 2 is 1.74 bits per heavy atom. The Morgan fingerprint density at radius 3 is 2.44 bits per heavy atom. The third-order valence-electron chi connectivity index (χ3n) is 5.35.